The van der Waals surface area contributed by atoms with Crippen molar-refractivity contribution in [2.45, 2.75) is 60.3 Å². The van der Waals surface area contributed by atoms with Gasteiger partial charge in [0.25, 0.3) is 0 Å². The van der Waals surface area contributed by atoms with E-state index < -0.39 is 0 Å². The first-order chi connectivity index (χ1) is 5.99. The lowest BCUT2D eigenvalue weighted by Gasteiger charge is -2.31. The maximum absolute atomic E-state index is 2.51. The summed E-state index contributed by atoms with van der Waals surface area (Å²) in [7, 11) is 0. The molecule has 3 atom stereocenters. The van der Waals surface area contributed by atoms with Crippen molar-refractivity contribution >= 4 is 0 Å². The van der Waals surface area contributed by atoms with Gasteiger partial charge in [0.15, 0.2) is 0 Å². The van der Waals surface area contributed by atoms with Gasteiger partial charge in [0.05, 0.1) is 0 Å². The molecule has 0 heterocycles. The Hall–Kier alpha value is 0. The van der Waals surface area contributed by atoms with Crippen LogP contribution in [0.3, 0.4) is 0 Å². The topological polar surface area (TPSA) is 0 Å². The molecule has 0 aromatic heterocycles. The van der Waals surface area contributed by atoms with E-state index in [2.05, 4.69) is 34.6 Å². The first kappa shape index (κ1) is 11.1. The zero-order chi connectivity index (χ0) is 10.1. The van der Waals surface area contributed by atoms with E-state index in [0.717, 1.165) is 17.8 Å². The van der Waals surface area contributed by atoms with Gasteiger partial charge in [-0.05, 0) is 36.0 Å². The van der Waals surface area contributed by atoms with Crippen LogP contribution >= 0.6 is 0 Å². The Balaban J connectivity index is 2.57. The molecule has 1 aliphatic rings. The summed E-state index contributed by atoms with van der Waals surface area (Å²) in [6, 6.07) is 0. The predicted octanol–water partition coefficient (Wildman–Crippen LogP) is 4.49. The number of hydrogen-bond acceptors (Lipinski definition) is 0. The highest BCUT2D eigenvalue weighted by Crippen LogP contribution is 2.50. The van der Waals surface area contributed by atoms with Gasteiger partial charge in [-0.25, -0.2) is 0 Å². The Morgan fingerprint density at radius 3 is 2.08 bits per heavy atom. The molecule has 13 heavy (non-hydrogen) atoms. The molecule has 1 fully saturated rings. The monoisotopic (exact) mass is 182 g/mol. The van der Waals surface area contributed by atoms with Crippen molar-refractivity contribution in [1.82, 2.24) is 0 Å². The lowest BCUT2D eigenvalue weighted by molar-refractivity contribution is 0.187. The summed E-state index contributed by atoms with van der Waals surface area (Å²) in [5, 5.41) is 0. The third kappa shape index (κ3) is 2.27. The van der Waals surface area contributed by atoms with Crippen LogP contribution in [0.15, 0.2) is 0 Å². The summed E-state index contributed by atoms with van der Waals surface area (Å²) in [5.74, 6) is 2.82. The van der Waals surface area contributed by atoms with Gasteiger partial charge < -0.3 is 0 Å². The molecule has 3 unspecified atom stereocenters. The molecule has 0 bridgehead atoms. The molecule has 1 saturated carbocycles. The largest absolute Gasteiger partial charge is 0.0654 e. The van der Waals surface area contributed by atoms with E-state index >= 15 is 0 Å². The third-order valence-corrected chi connectivity index (χ3v) is 4.46. The maximum atomic E-state index is 2.51. The summed E-state index contributed by atoms with van der Waals surface area (Å²) in [5.41, 5.74) is 0.648. The van der Waals surface area contributed by atoms with E-state index in [1.807, 2.05) is 0 Å². The lowest BCUT2D eigenvalue weighted by Crippen LogP contribution is -2.22. The molecular weight excluding hydrogens is 156 g/mol. The first-order valence-corrected chi connectivity index (χ1v) is 5.99. The van der Waals surface area contributed by atoms with Gasteiger partial charge >= 0.3 is 0 Å². The minimum atomic E-state index is 0.648. The fourth-order valence-electron chi connectivity index (χ4n) is 3.14. The average Bonchev–Trinajstić information content (AvgIpc) is 2.28. The van der Waals surface area contributed by atoms with Crippen LogP contribution in [-0.2, 0) is 0 Å². The second-order valence-electron chi connectivity index (χ2n) is 5.71. The van der Waals surface area contributed by atoms with Gasteiger partial charge in [0, 0.05) is 0 Å². The number of hydrogen-bond donors (Lipinski definition) is 0. The van der Waals surface area contributed by atoms with Crippen LogP contribution in [0, 0.1) is 23.2 Å². The van der Waals surface area contributed by atoms with Gasteiger partial charge in [-0.15, -0.1) is 0 Å². The lowest BCUT2D eigenvalue weighted by atomic mass is 9.74. The molecule has 0 nitrogen and oxygen atoms in total. The van der Waals surface area contributed by atoms with E-state index in [9.17, 15) is 0 Å². The molecular formula is C13H26. The van der Waals surface area contributed by atoms with Crippen LogP contribution in [-0.4, -0.2) is 0 Å². The summed E-state index contributed by atoms with van der Waals surface area (Å²) in [6.45, 7) is 12.1. The van der Waals surface area contributed by atoms with E-state index in [1.165, 1.54) is 25.7 Å². The first-order valence-electron chi connectivity index (χ1n) is 5.99. The molecule has 0 aromatic carbocycles. The normalized spacial score (nSPS) is 42.2. The zero-order valence-corrected chi connectivity index (χ0v) is 10.1. The molecule has 0 aromatic rings. The van der Waals surface area contributed by atoms with E-state index in [-0.39, 0.29) is 0 Å². The van der Waals surface area contributed by atoms with E-state index in [0.29, 0.717) is 5.41 Å². The number of rotatable bonds is 3. The highest BCUT2D eigenvalue weighted by Gasteiger charge is 2.40. The van der Waals surface area contributed by atoms with Crippen LogP contribution in [0.4, 0.5) is 0 Å². The van der Waals surface area contributed by atoms with Crippen LogP contribution in [0.5, 0.6) is 0 Å². The van der Waals surface area contributed by atoms with E-state index in [4.69, 9.17) is 0 Å². The summed E-state index contributed by atoms with van der Waals surface area (Å²) < 4.78 is 0. The van der Waals surface area contributed by atoms with Gasteiger partial charge in [0.1, 0.15) is 0 Å². The average molecular weight is 182 g/mol. The molecule has 0 saturated heterocycles. The van der Waals surface area contributed by atoms with Gasteiger partial charge in [0.2, 0.25) is 0 Å². The Morgan fingerprint density at radius 1 is 1.23 bits per heavy atom. The van der Waals surface area contributed by atoms with Crippen molar-refractivity contribution in [3.8, 4) is 0 Å². The van der Waals surface area contributed by atoms with E-state index in [1.54, 1.807) is 0 Å². The molecule has 0 heteroatoms. The minimum absolute atomic E-state index is 0.648. The Kier molecular flexibility index (Phi) is 3.43. The van der Waals surface area contributed by atoms with Crippen molar-refractivity contribution in [1.29, 1.82) is 0 Å². The molecule has 1 rings (SSSR count). The van der Waals surface area contributed by atoms with Gasteiger partial charge in [-0.1, -0.05) is 47.5 Å². The Labute approximate surface area is 84.1 Å². The van der Waals surface area contributed by atoms with Crippen LogP contribution in [0.1, 0.15) is 60.3 Å². The molecule has 0 amide bonds. The van der Waals surface area contributed by atoms with Crippen molar-refractivity contribution in [3.63, 3.8) is 0 Å². The quantitative estimate of drug-likeness (QED) is 0.603. The van der Waals surface area contributed by atoms with Gasteiger partial charge in [-0.3, -0.25) is 0 Å². The predicted molar refractivity (Wildman–Crippen MR) is 59.7 cm³/mol. The summed E-state index contributed by atoms with van der Waals surface area (Å²) >= 11 is 0. The fraction of sp³-hybridized carbons (Fsp3) is 1.00. The Morgan fingerprint density at radius 2 is 1.69 bits per heavy atom. The zero-order valence-electron chi connectivity index (χ0n) is 10.1. The highest BCUT2D eigenvalue weighted by atomic mass is 14.5. The molecule has 0 spiro atoms. The SMILES string of the molecule is CCCC(C)C1(C)CC(C)C(C)C1. The highest BCUT2D eigenvalue weighted by molar-refractivity contribution is 4.90. The van der Waals surface area contributed by atoms with Crippen molar-refractivity contribution in [3.05, 3.63) is 0 Å². The second-order valence-corrected chi connectivity index (χ2v) is 5.71. The third-order valence-electron chi connectivity index (χ3n) is 4.46. The second kappa shape index (κ2) is 4.02. The Bertz CT molecular complexity index is 149. The summed E-state index contributed by atoms with van der Waals surface area (Å²) in [4.78, 5) is 0. The van der Waals surface area contributed by atoms with Crippen molar-refractivity contribution < 1.29 is 0 Å². The van der Waals surface area contributed by atoms with Crippen LogP contribution in [0.2, 0.25) is 0 Å². The maximum Gasteiger partial charge on any atom is -0.0295 e. The summed E-state index contributed by atoms with van der Waals surface area (Å²) in [6.07, 6.45) is 5.67. The fourth-order valence-corrected chi connectivity index (χ4v) is 3.14. The molecule has 0 aliphatic heterocycles. The standard InChI is InChI=1S/C13H26/c1-6-7-12(4)13(5)8-10(2)11(3)9-13/h10-12H,6-9H2,1-5H3. The molecule has 1 aliphatic carbocycles. The van der Waals surface area contributed by atoms with Crippen molar-refractivity contribution in [2.75, 3.05) is 0 Å². The molecule has 0 N–H and O–H groups in total. The van der Waals surface area contributed by atoms with Gasteiger partial charge in [-0.2, -0.15) is 0 Å². The smallest absolute Gasteiger partial charge is 0.0295 e. The van der Waals surface area contributed by atoms with Crippen LogP contribution < -0.4 is 0 Å². The van der Waals surface area contributed by atoms with Crippen LogP contribution in [0.25, 0.3) is 0 Å². The van der Waals surface area contributed by atoms with Crippen molar-refractivity contribution in [2.24, 2.45) is 23.2 Å². The minimum Gasteiger partial charge on any atom is -0.0654 e. The molecule has 78 valence electrons. The molecule has 0 radical (unpaired) electrons.